The van der Waals surface area contributed by atoms with E-state index in [0.717, 1.165) is 12.3 Å². The van der Waals surface area contributed by atoms with E-state index in [1.54, 1.807) is 11.8 Å². The van der Waals surface area contributed by atoms with E-state index < -0.39 is 5.51 Å². The molecule has 0 aliphatic carbocycles. The van der Waals surface area contributed by atoms with Gasteiger partial charge in [-0.05, 0) is 36.0 Å². The molecule has 1 heterocycles. The molecule has 1 amide bonds. The second-order valence-electron chi connectivity index (χ2n) is 4.14. The third-order valence-corrected chi connectivity index (χ3v) is 4.39. The quantitative estimate of drug-likeness (QED) is 0.840. The summed E-state index contributed by atoms with van der Waals surface area (Å²) >= 11 is 1.53. The van der Waals surface area contributed by atoms with Crippen LogP contribution in [0.5, 0.6) is 0 Å². The van der Waals surface area contributed by atoms with Crippen LogP contribution in [0.1, 0.15) is 0 Å². The van der Waals surface area contributed by atoms with E-state index in [9.17, 15) is 18.0 Å². The van der Waals surface area contributed by atoms with Crippen LogP contribution in [0.2, 0.25) is 0 Å². The summed E-state index contributed by atoms with van der Waals surface area (Å²) in [7, 11) is 0. The average molecular weight is 322 g/mol. The molecule has 1 unspecified atom stereocenters. The normalized spacial score (nSPS) is 19.6. The van der Waals surface area contributed by atoms with Crippen molar-refractivity contribution in [2.45, 2.75) is 16.4 Å². The lowest BCUT2D eigenvalue weighted by molar-refractivity contribution is -0.117. The van der Waals surface area contributed by atoms with E-state index in [2.05, 4.69) is 10.6 Å². The Balaban J connectivity index is 1.91. The molecule has 0 saturated carbocycles. The van der Waals surface area contributed by atoms with E-state index >= 15 is 0 Å². The molecule has 3 nitrogen and oxygen atoms in total. The lowest BCUT2D eigenvalue weighted by Crippen LogP contribution is -2.46. The van der Waals surface area contributed by atoms with Crippen LogP contribution in [0, 0.1) is 0 Å². The molecule has 110 valence electrons. The van der Waals surface area contributed by atoms with E-state index in [1.807, 2.05) is 0 Å². The minimum absolute atomic E-state index is 0.0989. The first-order chi connectivity index (χ1) is 9.44. The lowest BCUT2D eigenvalue weighted by atomic mass is 10.2. The summed E-state index contributed by atoms with van der Waals surface area (Å²) in [4.78, 5) is 12.0. The predicted octanol–water partition coefficient (Wildman–Crippen LogP) is 2.94. The fraction of sp³-hybridized carbons (Fsp3) is 0.417. The summed E-state index contributed by atoms with van der Waals surface area (Å²) in [5.74, 6) is 1.52. The van der Waals surface area contributed by atoms with Gasteiger partial charge in [-0.3, -0.25) is 4.79 Å². The summed E-state index contributed by atoms with van der Waals surface area (Å²) in [5.41, 5.74) is -3.80. The first kappa shape index (κ1) is 15.5. The zero-order valence-corrected chi connectivity index (χ0v) is 12.0. The fourth-order valence-corrected chi connectivity index (χ4v) is 3.18. The Morgan fingerprint density at radius 1 is 1.35 bits per heavy atom. The minimum atomic E-state index is -4.30. The number of thioether (sulfide) groups is 2. The number of hydrogen-bond donors (Lipinski definition) is 2. The molecule has 20 heavy (non-hydrogen) atoms. The summed E-state index contributed by atoms with van der Waals surface area (Å²) in [5, 5.41) is 5.79. The molecule has 0 aromatic heterocycles. The Kier molecular flexibility index (Phi) is 5.22. The average Bonchev–Trinajstić information content (AvgIpc) is 2.40. The molecule has 1 aliphatic heterocycles. The van der Waals surface area contributed by atoms with Crippen molar-refractivity contribution in [3.63, 3.8) is 0 Å². The highest BCUT2D eigenvalue weighted by Crippen LogP contribution is 2.37. The van der Waals surface area contributed by atoms with Gasteiger partial charge in [-0.25, -0.2) is 0 Å². The highest BCUT2D eigenvalue weighted by Gasteiger charge is 2.29. The number of amides is 1. The first-order valence-corrected chi connectivity index (χ1v) is 7.89. The molecule has 0 spiro atoms. The van der Waals surface area contributed by atoms with Crippen LogP contribution in [0.4, 0.5) is 18.9 Å². The topological polar surface area (TPSA) is 41.1 Å². The largest absolute Gasteiger partial charge is 0.446 e. The third-order valence-electron chi connectivity index (χ3n) is 2.59. The maximum absolute atomic E-state index is 12.2. The number of rotatable bonds is 3. The van der Waals surface area contributed by atoms with Crippen molar-refractivity contribution in [3.8, 4) is 0 Å². The maximum atomic E-state index is 12.2. The third kappa shape index (κ3) is 4.92. The van der Waals surface area contributed by atoms with Crippen molar-refractivity contribution in [2.75, 3.05) is 23.4 Å². The highest BCUT2D eigenvalue weighted by molar-refractivity contribution is 8.00. The molecule has 1 fully saturated rings. The van der Waals surface area contributed by atoms with Crippen LogP contribution in [0.25, 0.3) is 0 Å². The van der Waals surface area contributed by atoms with Crippen molar-refractivity contribution in [1.82, 2.24) is 5.32 Å². The van der Waals surface area contributed by atoms with Crippen LogP contribution in [-0.2, 0) is 4.79 Å². The van der Waals surface area contributed by atoms with Crippen LogP contribution >= 0.6 is 23.5 Å². The molecule has 2 rings (SSSR count). The first-order valence-electron chi connectivity index (χ1n) is 5.92. The predicted molar refractivity (Wildman–Crippen MR) is 76.1 cm³/mol. The van der Waals surface area contributed by atoms with Gasteiger partial charge in [0.2, 0.25) is 5.91 Å². The molecule has 8 heteroatoms. The Morgan fingerprint density at radius 3 is 2.60 bits per heavy atom. The molecule has 1 atom stereocenters. The van der Waals surface area contributed by atoms with Gasteiger partial charge in [0.15, 0.2) is 0 Å². The van der Waals surface area contributed by atoms with Crippen molar-refractivity contribution < 1.29 is 18.0 Å². The Morgan fingerprint density at radius 2 is 2.05 bits per heavy atom. The van der Waals surface area contributed by atoms with Gasteiger partial charge >= 0.3 is 5.51 Å². The number of anilines is 1. The van der Waals surface area contributed by atoms with Crippen LogP contribution < -0.4 is 10.6 Å². The van der Waals surface area contributed by atoms with Crippen molar-refractivity contribution in [2.24, 2.45) is 0 Å². The van der Waals surface area contributed by atoms with Crippen LogP contribution in [0.15, 0.2) is 29.2 Å². The number of benzene rings is 1. The van der Waals surface area contributed by atoms with Gasteiger partial charge in [-0.1, -0.05) is 0 Å². The molecular formula is C12H13F3N2OS2. The summed E-state index contributed by atoms with van der Waals surface area (Å²) in [6.07, 6.45) is 0. The van der Waals surface area contributed by atoms with Crippen molar-refractivity contribution >= 4 is 35.1 Å². The Hall–Kier alpha value is -0.860. The van der Waals surface area contributed by atoms with E-state index in [1.165, 1.54) is 24.3 Å². The number of carbonyl (C=O) groups excluding carboxylic acids is 1. The molecule has 1 aliphatic rings. The van der Waals surface area contributed by atoms with Gasteiger partial charge in [0.1, 0.15) is 0 Å². The molecule has 1 aromatic carbocycles. The number of hydrogen-bond acceptors (Lipinski definition) is 4. The van der Waals surface area contributed by atoms with E-state index in [0.29, 0.717) is 11.4 Å². The molecular weight excluding hydrogens is 309 g/mol. The van der Waals surface area contributed by atoms with Gasteiger partial charge in [0.25, 0.3) is 0 Å². The molecule has 1 aromatic rings. The summed E-state index contributed by atoms with van der Waals surface area (Å²) in [6, 6.07) is 5.38. The van der Waals surface area contributed by atoms with Crippen LogP contribution in [0.3, 0.4) is 0 Å². The highest BCUT2D eigenvalue weighted by atomic mass is 32.2. The zero-order valence-electron chi connectivity index (χ0n) is 10.4. The number of alkyl halides is 3. The zero-order chi connectivity index (χ0) is 14.6. The second kappa shape index (κ2) is 6.73. The van der Waals surface area contributed by atoms with Crippen molar-refractivity contribution in [1.29, 1.82) is 0 Å². The number of halogens is 3. The fourth-order valence-electron chi connectivity index (χ4n) is 1.70. The number of carbonyl (C=O) groups is 1. The maximum Gasteiger partial charge on any atom is 0.446 e. The van der Waals surface area contributed by atoms with Gasteiger partial charge in [-0.2, -0.15) is 24.9 Å². The summed E-state index contributed by atoms with van der Waals surface area (Å²) < 4.78 is 36.5. The lowest BCUT2D eigenvalue weighted by Gasteiger charge is -2.22. The second-order valence-corrected chi connectivity index (χ2v) is 6.43. The van der Waals surface area contributed by atoms with E-state index in [-0.39, 0.29) is 28.6 Å². The molecule has 1 saturated heterocycles. The van der Waals surface area contributed by atoms with Gasteiger partial charge < -0.3 is 10.6 Å². The Bertz CT molecular complexity index is 459. The van der Waals surface area contributed by atoms with Gasteiger partial charge in [0, 0.05) is 28.6 Å². The molecule has 0 bridgehead atoms. The Labute approximate surface area is 123 Å². The standard InChI is InChI=1S/C12H13F3N2OS2/c13-12(14,15)20-9-3-1-8(2-4-9)17-11(18)10-7-19-6-5-16-10/h1-4,10,16H,5-7H2,(H,17,18). The molecule has 2 N–H and O–H groups in total. The van der Waals surface area contributed by atoms with Gasteiger partial charge in [0.05, 0.1) is 6.04 Å². The molecule has 0 radical (unpaired) electrons. The SMILES string of the molecule is O=C(Nc1ccc(SC(F)(F)F)cc1)C1CSCCN1. The van der Waals surface area contributed by atoms with E-state index in [4.69, 9.17) is 0 Å². The van der Waals surface area contributed by atoms with Crippen LogP contribution in [-0.4, -0.2) is 35.5 Å². The minimum Gasteiger partial charge on any atom is -0.325 e. The summed E-state index contributed by atoms with van der Waals surface area (Å²) in [6.45, 7) is 0.782. The van der Waals surface area contributed by atoms with Gasteiger partial charge in [-0.15, -0.1) is 0 Å². The monoisotopic (exact) mass is 322 g/mol. The number of nitrogens with one attached hydrogen (secondary N) is 2. The smallest absolute Gasteiger partial charge is 0.325 e. The van der Waals surface area contributed by atoms with Crippen molar-refractivity contribution in [3.05, 3.63) is 24.3 Å².